The summed E-state index contributed by atoms with van der Waals surface area (Å²) in [6, 6.07) is 20.4. The fourth-order valence-corrected chi connectivity index (χ4v) is 3.65. The lowest BCUT2D eigenvalue weighted by molar-refractivity contribution is -0.137. The Bertz CT molecular complexity index is 1120. The van der Waals surface area contributed by atoms with Crippen LogP contribution in [0.5, 0.6) is 0 Å². The summed E-state index contributed by atoms with van der Waals surface area (Å²) in [6.45, 7) is 2.55. The molecule has 0 radical (unpaired) electrons. The van der Waals surface area contributed by atoms with Crippen molar-refractivity contribution in [1.82, 2.24) is 10.6 Å². The molecule has 3 aromatic rings. The molecule has 35 heavy (non-hydrogen) atoms. The van der Waals surface area contributed by atoms with Gasteiger partial charge in [0, 0.05) is 11.1 Å². The highest BCUT2D eigenvalue weighted by atomic mass is 19.4. The molecule has 186 valence electrons. The van der Waals surface area contributed by atoms with E-state index in [-0.39, 0.29) is 12.0 Å². The summed E-state index contributed by atoms with van der Waals surface area (Å²) in [5.41, 5.74) is -0.659. The summed E-state index contributed by atoms with van der Waals surface area (Å²) in [5.74, 6) is -3.47. The molecule has 0 spiro atoms. The number of rotatable bonds is 9. The van der Waals surface area contributed by atoms with Crippen LogP contribution in [0, 0.1) is 0 Å². The van der Waals surface area contributed by atoms with Crippen molar-refractivity contribution in [2.75, 3.05) is 6.54 Å². The molecule has 3 aromatic carbocycles. The number of amides is 1. The molecule has 0 fully saturated rings. The molecule has 3 N–H and O–H groups in total. The van der Waals surface area contributed by atoms with Gasteiger partial charge in [0.15, 0.2) is 0 Å². The van der Waals surface area contributed by atoms with Gasteiger partial charge in [-0.25, -0.2) is 4.39 Å². The van der Waals surface area contributed by atoms with Crippen molar-refractivity contribution in [2.24, 2.45) is 0 Å². The minimum atomic E-state index is -4.52. The standard InChI is InChI=1S/C27H28F4N2O2/c1-25(2,21-14-9-15-22(17-21)27(29,30)31)32-18-26(28,35)23(16-19-10-5-3-6-11-19)33-24(34)20-12-7-4-8-13-20/h3-15,17,23,32,35H,16,18H2,1-2H3,(H,33,34)/t23-,26-/m0/s1. The fourth-order valence-electron chi connectivity index (χ4n) is 3.65. The highest BCUT2D eigenvalue weighted by molar-refractivity contribution is 5.94. The van der Waals surface area contributed by atoms with E-state index in [0.717, 1.165) is 12.1 Å². The largest absolute Gasteiger partial charge is 0.416 e. The molecule has 0 bridgehead atoms. The molecule has 4 nitrogen and oxygen atoms in total. The van der Waals surface area contributed by atoms with E-state index >= 15 is 4.39 Å². The lowest BCUT2D eigenvalue weighted by Crippen LogP contribution is -2.58. The summed E-state index contributed by atoms with van der Waals surface area (Å²) in [5, 5.41) is 16.2. The van der Waals surface area contributed by atoms with Crippen LogP contribution < -0.4 is 10.6 Å². The highest BCUT2D eigenvalue weighted by Gasteiger charge is 2.40. The van der Waals surface area contributed by atoms with Gasteiger partial charge in [0.25, 0.3) is 5.91 Å². The third-order valence-electron chi connectivity index (χ3n) is 5.85. The van der Waals surface area contributed by atoms with E-state index in [1.54, 1.807) is 74.5 Å². The van der Waals surface area contributed by atoms with Crippen LogP contribution in [0.4, 0.5) is 17.6 Å². The van der Waals surface area contributed by atoms with Crippen molar-refractivity contribution in [3.05, 3.63) is 107 Å². The van der Waals surface area contributed by atoms with Gasteiger partial charge in [0.05, 0.1) is 18.2 Å². The van der Waals surface area contributed by atoms with Gasteiger partial charge in [-0.05, 0) is 55.7 Å². The van der Waals surface area contributed by atoms with Crippen molar-refractivity contribution in [3.8, 4) is 0 Å². The summed E-state index contributed by atoms with van der Waals surface area (Å²) in [4.78, 5) is 12.7. The highest BCUT2D eigenvalue weighted by Crippen LogP contribution is 2.32. The van der Waals surface area contributed by atoms with Crippen molar-refractivity contribution in [1.29, 1.82) is 0 Å². The van der Waals surface area contributed by atoms with E-state index in [1.165, 1.54) is 12.1 Å². The Hall–Kier alpha value is -3.23. The van der Waals surface area contributed by atoms with Gasteiger partial charge in [-0.2, -0.15) is 13.2 Å². The fraction of sp³-hybridized carbons (Fsp3) is 0.296. The quantitative estimate of drug-likeness (QED) is 0.362. The second-order valence-electron chi connectivity index (χ2n) is 8.96. The molecule has 8 heteroatoms. The number of hydrogen-bond acceptors (Lipinski definition) is 3. The molecule has 0 saturated carbocycles. The Morgan fingerprint density at radius 3 is 2.03 bits per heavy atom. The zero-order valence-corrected chi connectivity index (χ0v) is 19.4. The lowest BCUT2D eigenvalue weighted by Gasteiger charge is -2.35. The predicted molar refractivity (Wildman–Crippen MR) is 126 cm³/mol. The molecule has 1 amide bonds. The first-order valence-electron chi connectivity index (χ1n) is 11.1. The molecule has 0 aliphatic heterocycles. The number of benzene rings is 3. The number of aliphatic hydroxyl groups is 1. The Labute approximate surface area is 202 Å². The van der Waals surface area contributed by atoms with Crippen molar-refractivity contribution < 1.29 is 27.5 Å². The van der Waals surface area contributed by atoms with E-state index in [0.29, 0.717) is 11.1 Å². The van der Waals surface area contributed by atoms with Gasteiger partial charge < -0.3 is 15.7 Å². The zero-order valence-electron chi connectivity index (χ0n) is 19.4. The number of halogens is 4. The Balaban J connectivity index is 1.80. The maximum Gasteiger partial charge on any atom is 0.416 e. The third-order valence-corrected chi connectivity index (χ3v) is 5.85. The van der Waals surface area contributed by atoms with E-state index in [2.05, 4.69) is 10.6 Å². The topological polar surface area (TPSA) is 61.4 Å². The number of alkyl halides is 4. The molecule has 0 unspecified atom stereocenters. The molecule has 3 rings (SSSR count). The Kier molecular flexibility index (Phi) is 7.97. The van der Waals surface area contributed by atoms with Crippen LogP contribution >= 0.6 is 0 Å². The summed E-state index contributed by atoms with van der Waals surface area (Å²) in [7, 11) is 0. The van der Waals surface area contributed by atoms with E-state index in [1.807, 2.05) is 0 Å². The number of carbonyl (C=O) groups excluding carboxylic acids is 1. The molecular weight excluding hydrogens is 460 g/mol. The van der Waals surface area contributed by atoms with Crippen LogP contribution in [0.15, 0.2) is 84.9 Å². The van der Waals surface area contributed by atoms with Gasteiger partial charge in [-0.3, -0.25) is 4.79 Å². The Morgan fingerprint density at radius 1 is 0.857 bits per heavy atom. The smallest absolute Gasteiger partial charge is 0.359 e. The first-order valence-corrected chi connectivity index (χ1v) is 11.1. The SMILES string of the molecule is CC(C)(NC[C@@](O)(F)[C@H](Cc1ccccc1)NC(=O)c1ccccc1)c1cccc(C(F)(F)F)c1. The summed E-state index contributed by atoms with van der Waals surface area (Å²) >= 11 is 0. The minimum Gasteiger partial charge on any atom is -0.359 e. The van der Waals surface area contributed by atoms with Gasteiger partial charge in [-0.15, -0.1) is 0 Å². The maximum atomic E-state index is 15.7. The average molecular weight is 489 g/mol. The first-order chi connectivity index (χ1) is 16.4. The molecular formula is C27H28F4N2O2. The second-order valence-corrected chi connectivity index (χ2v) is 8.96. The van der Waals surface area contributed by atoms with Crippen LogP contribution in [-0.4, -0.2) is 29.5 Å². The number of carbonyl (C=O) groups is 1. The second kappa shape index (κ2) is 10.6. The van der Waals surface area contributed by atoms with Crippen LogP contribution in [0.1, 0.15) is 40.9 Å². The monoisotopic (exact) mass is 488 g/mol. The number of nitrogens with one attached hydrogen (secondary N) is 2. The molecule has 0 aromatic heterocycles. The van der Waals surface area contributed by atoms with E-state index < -0.39 is 41.6 Å². The zero-order chi connectivity index (χ0) is 25.7. The molecule has 0 aliphatic rings. The summed E-state index contributed by atoms with van der Waals surface area (Å²) < 4.78 is 55.2. The van der Waals surface area contributed by atoms with E-state index in [4.69, 9.17) is 0 Å². The van der Waals surface area contributed by atoms with Gasteiger partial charge in [-0.1, -0.05) is 60.7 Å². The van der Waals surface area contributed by atoms with E-state index in [9.17, 15) is 23.1 Å². The van der Waals surface area contributed by atoms with Crippen LogP contribution in [0.25, 0.3) is 0 Å². The average Bonchev–Trinajstić information content (AvgIpc) is 2.83. The lowest BCUT2D eigenvalue weighted by atomic mass is 9.91. The van der Waals surface area contributed by atoms with Crippen LogP contribution in [0.2, 0.25) is 0 Å². The molecule has 0 saturated heterocycles. The van der Waals surface area contributed by atoms with Gasteiger partial charge in [0.1, 0.15) is 0 Å². The molecule has 0 aliphatic carbocycles. The first kappa shape index (κ1) is 26.4. The molecule has 0 heterocycles. The van der Waals surface area contributed by atoms with Crippen LogP contribution in [-0.2, 0) is 18.1 Å². The third kappa shape index (κ3) is 7.13. The summed E-state index contributed by atoms with van der Waals surface area (Å²) in [6.07, 6.45) is -4.52. The van der Waals surface area contributed by atoms with Gasteiger partial charge in [0.2, 0.25) is 5.85 Å². The normalized spacial score (nSPS) is 14.7. The Morgan fingerprint density at radius 2 is 1.43 bits per heavy atom. The van der Waals surface area contributed by atoms with Crippen LogP contribution in [0.3, 0.4) is 0 Å². The van der Waals surface area contributed by atoms with Crippen molar-refractivity contribution in [2.45, 2.75) is 43.9 Å². The minimum absolute atomic E-state index is 0.00190. The maximum absolute atomic E-state index is 15.7. The number of hydrogen-bond donors (Lipinski definition) is 3. The van der Waals surface area contributed by atoms with Crippen molar-refractivity contribution in [3.63, 3.8) is 0 Å². The van der Waals surface area contributed by atoms with Crippen molar-refractivity contribution >= 4 is 5.91 Å². The predicted octanol–water partition coefficient (Wildman–Crippen LogP) is 5.23. The molecule has 2 atom stereocenters. The van der Waals surface area contributed by atoms with Gasteiger partial charge >= 0.3 is 6.18 Å².